The third kappa shape index (κ3) is 8.46. The molecule has 0 bridgehead atoms. The van der Waals surface area contributed by atoms with Gasteiger partial charge in [-0.25, -0.2) is 13.4 Å². The molecule has 1 aliphatic rings. The number of carbonyl (C=O) groups excluding carboxylic acids is 2. The Kier molecular flexibility index (Phi) is 10.3. The molecular formula is C33H34ClN3O5S2. The highest BCUT2D eigenvalue weighted by atomic mass is 35.5. The van der Waals surface area contributed by atoms with Crippen LogP contribution >= 0.6 is 22.9 Å². The number of hydrogen-bond acceptors (Lipinski definition) is 7. The number of carbonyl (C=O) groups is 2. The summed E-state index contributed by atoms with van der Waals surface area (Å²) in [5.74, 6) is -0.126. The molecule has 0 spiro atoms. The maximum atomic E-state index is 13.3. The van der Waals surface area contributed by atoms with Crippen LogP contribution in [0.25, 0.3) is 0 Å². The number of aromatic nitrogens is 1. The van der Waals surface area contributed by atoms with E-state index in [2.05, 4.69) is 10.7 Å². The van der Waals surface area contributed by atoms with Crippen molar-refractivity contribution in [1.82, 2.24) is 4.98 Å². The van der Waals surface area contributed by atoms with E-state index in [1.165, 1.54) is 37.1 Å². The fourth-order valence-corrected chi connectivity index (χ4v) is 7.29. The number of halogens is 1. The van der Waals surface area contributed by atoms with Gasteiger partial charge in [0.1, 0.15) is 5.75 Å². The van der Waals surface area contributed by atoms with Crippen LogP contribution in [0.15, 0.2) is 77.0 Å². The monoisotopic (exact) mass is 651 g/mol. The van der Waals surface area contributed by atoms with E-state index in [4.69, 9.17) is 27.1 Å². The van der Waals surface area contributed by atoms with Crippen LogP contribution in [-0.4, -0.2) is 37.6 Å². The Morgan fingerprint density at radius 1 is 1.00 bits per heavy atom. The van der Waals surface area contributed by atoms with E-state index >= 15 is 0 Å². The van der Waals surface area contributed by atoms with E-state index < -0.39 is 15.7 Å². The second kappa shape index (κ2) is 14.4. The molecule has 44 heavy (non-hydrogen) atoms. The van der Waals surface area contributed by atoms with E-state index in [1.807, 2.05) is 18.2 Å². The minimum absolute atomic E-state index is 0.0497. The molecule has 5 rings (SSSR count). The number of thiazole rings is 1. The molecule has 11 heteroatoms. The lowest BCUT2D eigenvalue weighted by Gasteiger charge is -2.22. The number of ether oxygens (including phenoxy) is 1. The van der Waals surface area contributed by atoms with Gasteiger partial charge in [-0.2, -0.15) is 0 Å². The number of hydrogen-bond donors (Lipinski definition) is 2. The highest BCUT2D eigenvalue weighted by Gasteiger charge is 2.22. The van der Waals surface area contributed by atoms with Crippen LogP contribution in [0.5, 0.6) is 5.75 Å². The fraction of sp³-hybridized carbons (Fsp3) is 0.303. The standard InChI is InChI=1S/C33H34ClN3O5S2/c34-26-11-13-27(14-12-26)44(40,41)17-3-5-23-9-15-30(42-20-31(35)38)28(19-23)37-33(39)25-8-1-4-22(18-25)10-16-32-36-29(21-43-32)24-6-2-7-24/h1,4,8-9,11-15,18-19,21,24H,2-3,5-7,10,16-17,20H2,(H2,35,38)(H,37,39). The Labute approximate surface area is 266 Å². The molecule has 0 atom stereocenters. The largest absolute Gasteiger partial charge is 0.482 e. The maximum absolute atomic E-state index is 13.3. The van der Waals surface area contributed by atoms with Crippen molar-refractivity contribution in [2.75, 3.05) is 17.7 Å². The quantitative estimate of drug-likeness (QED) is 0.163. The van der Waals surface area contributed by atoms with Gasteiger partial charge in [-0.3, -0.25) is 9.59 Å². The van der Waals surface area contributed by atoms with Crippen LogP contribution in [0, 0.1) is 0 Å². The SMILES string of the molecule is NC(=O)COc1ccc(CCCS(=O)(=O)c2ccc(Cl)cc2)cc1NC(=O)c1cccc(CCc2nc(C3CCC3)cs2)c1. The van der Waals surface area contributed by atoms with Gasteiger partial charge in [0, 0.05) is 28.3 Å². The van der Waals surface area contributed by atoms with Crippen molar-refractivity contribution in [3.05, 3.63) is 105 Å². The molecular weight excluding hydrogens is 618 g/mol. The van der Waals surface area contributed by atoms with E-state index in [0.29, 0.717) is 35.0 Å². The van der Waals surface area contributed by atoms with Gasteiger partial charge in [0.15, 0.2) is 16.4 Å². The van der Waals surface area contributed by atoms with Crippen LogP contribution in [-0.2, 0) is 33.9 Å². The van der Waals surface area contributed by atoms with Crippen LogP contribution in [0.4, 0.5) is 5.69 Å². The molecule has 1 saturated carbocycles. The minimum Gasteiger partial charge on any atom is -0.482 e. The molecule has 230 valence electrons. The lowest BCUT2D eigenvalue weighted by molar-refractivity contribution is -0.119. The first-order valence-corrected chi connectivity index (χ1v) is 17.4. The third-order valence-corrected chi connectivity index (χ3v) is 10.6. The number of benzene rings is 3. The van der Waals surface area contributed by atoms with Crippen molar-refractivity contribution in [2.45, 2.75) is 55.8 Å². The zero-order valence-electron chi connectivity index (χ0n) is 24.1. The van der Waals surface area contributed by atoms with E-state index in [-0.39, 0.29) is 28.9 Å². The molecule has 0 radical (unpaired) electrons. The van der Waals surface area contributed by atoms with Crippen LogP contribution in [0.3, 0.4) is 0 Å². The first-order chi connectivity index (χ1) is 21.2. The van der Waals surface area contributed by atoms with E-state index in [0.717, 1.165) is 29.0 Å². The van der Waals surface area contributed by atoms with E-state index in [1.54, 1.807) is 47.7 Å². The Morgan fingerprint density at radius 2 is 1.77 bits per heavy atom. The van der Waals surface area contributed by atoms with Crippen molar-refractivity contribution < 1.29 is 22.7 Å². The normalized spacial score (nSPS) is 13.3. The summed E-state index contributed by atoms with van der Waals surface area (Å²) < 4.78 is 31.0. The molecule has 0 unspecified atom stereocenters. The van der Waals surface area contributed by atoms with Crippen LogP contribution in [0.1, 0.15) is 63.8 Å². The average molecular weight is 652 g/mol. The summed E-state index contributed by atoms with van der Waals surface area (Å²) in [6.45, 7) is -0.351. The van der Waals surface area contributed by atoms with Crippen LogP contribution < -0.4 is 15.8 Å². The van der Waals surface area contributed by atoms with Crippen molar-refractivity contribution in [3.8, 4) is 5.75 Å². The van der Waals surface area contributed by atoms with Crippen LogP contribution in [0.2, 0.25) is 5.02 Å². The van der Waals surface area contributed by atoms with Crippen molar-refractivity contribution in [2.24, 2.45) is 5.73 Å². The van der Waals surface area contributed by atoms with Gasteiger partial charge >= 0.3 is 0 Å². The topological polar surface area (TPSA) is 128 Å². The van der Waals surface area contributed by atoms with Gasteiger partial charge in [-0.1, -0.05) is 36.2 Å². The molecule has 2 amide bonds. The zero-order chi connectivity index (χ0) is 31.1. The zero-order valence-corrected chi connectivity index (χ0v) is 26.5. The Hall–Kier alpha value is -3.73. The summed E-state index contributed by atoms with van der Waals surface area (Å²) in [5, 5.41) is 6.65. The maximum Gasteiger partial charge on any atom is 0.255 e. The number of nitrogens with one attached hydrogen (secondary N) is 1. The second-order valence-corrected chi connectivity index (χ2v) is 14.4. The van der Waals surface area contributed by atoms with E-state index in [9.17, 15) is 18.0 Å². The van der Waals surface area contributed by atoms with Crippen molar-refractivity contribution in [1.29, 1.82) is 0 Å². The smallest absolute Gasteiger partial charge is 0.255 e. The summed E-state index contributed by atoms with van der Waals surface area (Å²) >= 11 is 7.58. The Morgan fingerprint density at radius 3 is 2.50 bits per heavy atom. The summed E-state index contributed by atoms with van der Waals surface area (Å²) in [6.07, 6.45) is 6.12. The highest BCUT2D eigenvalue weighted by molar-refractivity contribution is 7.91. The first-order valence-electron chi connectivity index (χ1n) is 14.5. The second-order valence-electron chi connectivity index (χ2n) is 10.9. The molecule has 3 N–H and O–H groups in total. The van der Waals surface area contributed by atoms with Gasteiger partial charge in [0.2, 0.25) is 0 Å². The van der Waals surface area contributed by atoms with Crippen molar-refractivity contribution in [3.63, 3.8) is 0 Å². The summed E-state index contributed by atoms with van der Waals surface area (Å²) in [4.78, 5) is 29.7. The summed E-state index contributed by atoms with van der Waals surface area (Å²) in [6, 6.07) is 18.7. The molecule has 1 heterocycles. The molecule has 3 aromatic carbocycles. The molecule has 1 aromatic heterocycles. The summed E-state index contributed by atoms with van der Waals surface area (Å²) in [5.41, 5.74) is 9.16. The number of amides is 2. The van der Waals surface area contributed by atoms with Gasteiger partial charge < -0.3 is 15.8 Å². The number of nitrogens with zero attached hydrogens (tertiary/aromatic N) is 1. The van der Waals surface area contributed by atoms with Gasteiger partial charge in [-0.15, -0.1) is 11.3 Å². The van der Waals surface area contributed by atoms with Gasteiger partial charge in [0.25, 0.3) is 11.8 Å². The lowest BCUT2D eigenvalue weighted by Crippen LogP contribution is -2.21. The van der Waals surface area contributed by atoms with Crippen molar-refractivity contribution >= 4 is 50.3 Å². The van der Waals surface area contributed by atoms with Gasteiger partial charge in [-0.05, 0) is 91.8 Å². The Bertz CT molecular complexity index is 1730. The van der Waals surface area contributed by atoms with Gasteiger partial charge in [0.05, 0.1) is 27.0 Å². The predicted molar refractivity (Wildman–Crippen MR) is 173 cm³/mol. The number of rotatable bonds is 14. The molecule has 1 aliphatic carbocycles. The minimum atomic E-state index is -3.47. The lowest BCUT2D eigenvalue weighted by atomic mass is 9.83. The molecule has 4 aromatic rings. The molecule has 0 saturated heterocycles. The first kappa shape index (κ1) is 31.7. The number of nitrogens with two attached hydrogens (primary N) is 1. The number of primary amides is 1. The molecule has 0 aliphatic heterocycles. The average Bonchev–Trinajstić information content (AvgIpc) is 3.43. The predicted octanol–water partition coefficient (Wildman–Crippen LogP) is 6.37. The fourth-order valence-electron chi connectivity index (χ4n) is 4.98. The summed E-state index contributed by atoms with van der Waals surface area (Å²) in [7, 11) is -3.47. The number of aryl methyl sites for hydroxylation is 3. The third-order valence-electron chi connectivity index (χ3n) is 7.62. The number of sulfone groups is 1. The molecule has 1 fully saturated rings. The Balaban J connectivity index is 1.24. The number of anilines is 1. The highest BCUT2D eigenvalue weighted by Crippen LogP contribution is 2.36. The molecule has 8 nitrogen and oxygen atoms in total.